The van der Waals surface area contributed by atoms with Gasteiger partial charge in [-0.3, -0.25) is 0 Å². The van der Waals surface area contributed by atoms with Gasteiger partial charge in [-0.15, -0.1) is 0 Å². The topological polar surface area (TPSA) is 32.3 Å². The maximum absolute atomic E-state index is 13.4. The maximum atomic E-state index is 13.4. The number of nitrogens with one attached hydrogen (secondary N) is 1. The van der Waals surface area contributed by atoms with Crippen molar-refractivity contribution in [2.75, 3.05) is 12.4 Å². The number of phenolic OH excluding ortho intramolecular Hbond substituents is 1. The molecule has 2 aromatic rings. The summed E-state index contributed by atoms with van der Waals surface area (Å²) in [5, 5.41) is 11.8. The second-order valence-corrected chi connectivity index (χ2v) is 3.29. The molecule has 0 amide bonds. The molecule has 0 bridgehead atoms. The molecule has 2 aromatic carbocycles. The lowest BCUT2D eigenvalue weighted by molar-refractivity contribution is 0.411. The van der Waals surface area contributed by atoms with Crippen molar-refractivity contribution in [3.8, 4) is 5.75 Å². The minimum atomic E-state index is -1.44. The van der Waals surface area contributed by atoms with Crippen LogP contribution in [0, 0.1) is 17.5 Å². The Morgan fingerprint density at radius 2 is 1.81 bits per heavy atom. The Balaban J connectivity index is 2.98. The molecule has 0 aliphatic heterocycles. The molecule has 2 N–H and O–H groups in total. The van der Waals surface area contributed by atoms with Crippen LogP contribution in [0.4, 0.5) is 18.9 Å². The second-order valence-electron chi connectivity index (χ2n) is 3.29. The number of hydrogen-bond donors (Lipinski definition) is 2. The van der Waals surface area contributed by atoms with E-state index in [1.807, 2.05) is 0 Å². The first-order chi connectivity index (χ1) is 7.56. The molecular weight excluding hydrogens is 219 g/mol. The van der Waals surface area contributed by atoms with Gasteiger partial charge in [-0.05, 0) is 18.2 Å². The molecule has 0 unspecified atom stereocenters. The van der Waals surface area contributed by atoms with Crippen molar-refractivity contribution in [3.05, 3.63) is 35.7 Å². The lowest BCUT2D eigenvalue weighted by Crippen LogP contribution is -1.95. The van der Waals surface area contributed by atoms with Crippen LogP contribution in [0.1, 0.15) is 0 Å². The van der Waals surface area contributed by atoms with Gasteiger partial charge in [0, 0.05) is 18.1 Å². The monoisotopic (exact) mass is 227 g/mol. The summed E-state index contributed by atoms with van der Waals surface area (Å²) in [6.45, 7) is 0. The van der Waals surface area contributed by atoms with E-state index >= 15 is 0 Å². The molecule has 0 aliphatic carbocycles. The molecule has 0 aromatic heterocycles. The van der Waals surface area contributed by atoms with Crippen molar-refractivity contribution < 1.29 is 18.3 Å². The molecule has 0 fully saturated rings. The van der Waals surface area contributed by atoms with Gasteiger partial charge in [-0.2, -0.15) is 4.39 Å². The molecule has 0 spiro atoms. The number of fused-ring (bicyclic) bond motifs is 1. The number of anilines is 1. The zero-order valence-electron chi connectivity index (χ0n) is 8.31. The minimum absolute atomic E-state index is 0.0962. The van der Waals surface area contributed by atoms with Crippen molar-refractivity contribution in [1.29, 1.82) is 0 Å². The van der Waals surface area contributed by atoms with Gasteiger partial charge in [0.05, 0.1) is 5.39 Å². The molecule has 0 saturated carbocycles. The van der Waals surface area contributed by atoms with Gasteiger partial charge in [-0.25, -0.2) is 8.78 Å². The van der Waals surface area contributed by atoms with E-state index in [1.54, 1.807) is 7.05 Å². The van der Waals surface area contributed by atoms with E-state index in [1.165, 1.54) is 6.07 Å². The Labute approximate surface area is 89.3 Å². The number of rotatable bonds is 1. The fourth-order valence-corrected chi connectivity index (χ4v) is 1.61. The average molecular weight is 227 g/mol. The normalized spacial score (nSPS) is 10.8. The third-order valence-corrected chi connectivity index (χ3v) is 2.39. The van der Waals surface area contributed by atoms with Crippen LogP contribution in [0.15, 0.2) is 18.2 Å². The van der Waals surface area contributed by atoms with Gasteiger partial charge >= 0.3 is 0 Å². The molecule has 0 aliphatic rings. The Morgan fingerprint density at radius 1 is 1.12 bits per heavy atom. The van der Waals surface area contributed by atoms with Gasteiger partial charge in [0.2, 0.25) is 5.82 Å². The Kier molecular flexibility index (Phi) is 2.38. The van der Waals surface area contributed by atoms with E-state index in [2.05, 4.69) is 5.32 Å². The van der Waals surface area contributed by atoms with Crippen molar-refractivity contribution in [1.82, 2.24) is 0 Å². The Morgan fingerprint density at radius 3 is 2.44 bits per heavy atom. The number of phenols is 1. The summed E-state index contributed by atoms with van der Waals surface area (Å²) < 4.78 is 39.5. The van der Waals surface area contributed by atoms with E-state index in [9.17, 15) is 18.3 Å². The van der Waals surface area contributed by atoms with Gasteiger partial charge in [0.15, 0.2) is 11.6 Å². The summed E-state index contributed by atoms with van der Waals surface area (Å²) in [6, 6.07) is 3.30. The molecule has 0 heterocycles. The number of benzene rings is 2. The summed E-state index contributed by atoms with van der Waals surface area (Å²) in [5.41, 5.74) is 0.408. The van der Waals surface area contributed by atoms with Gasteiger partial charge < -0.3 is 10.4 Å². The molecule has 16 heavy (non-hydrogen) atoms. The van der Waals surface area contributed by atoms with Crippen molar-refractivity contribution in [2.45, 2.75) is 0 Å². The summed E-state index contributed by atoms with van der Waals surface area (Å²) in [6.07, 6.45) is 0. The number of halogens is 3. The highest BCUT2D eigenvalue weighted by Gasteiger charge is 2.17. The standard InChI is InChI=1S/C11H8F3NO/c1-15-8-3-2-6(12)9-5(8)4-7(13)10(14)11(9)16/h2-4,15-16H,1H3. The first-order valence-electron chi connectivity index (χ1n) is 4.53. The molecule has 5 heteroatoms. The van der Waals surface area contributed by atoms with Crippen LogP contribution in [-0.4, -0.2) is 12.2 Å². The summed E-state index contributed by atoms with van der Waals surface area (Å²) in [5.74, 6) is -4.47. The van der Waals surface area contributed by atoms with E-state index in [-0.39, 0.29) is 10.8 Å². The van der Waals surface area contributed by atoms with Crippen LogP contribution in [0.2, 0.25) is 0 Å². The highest BCUT2D eigenvalue weighted by atomic mass is 19.2. The SMILES string of the molecule is CNc1ccc(F)c2c(O)c(F)c(F)cc12. The quantitative estimate of drug-likeness (QED) is 0.784. The minimum Gasteiger partial charge on any atom is -0.504 e. The molecule has 2 rings (SSSR count). The molecular formula is C11H8F3NO. The lowest BCUT2D eigenvalue weighted by Gasteiger charge is -2.09. The highest BCUT2D eigenvalue weighted by Crippen LogP contribution is 2.35. The predicted octanol–water partition coefficient (Wildman–Crippen LogP) is 3.00. The van der Waals surface area contributed by atoms with E-state index in [0.717, 1.165) is 12.1 Å². The van der Waals surface area contributed by atoms with E-state index in [4.69, 9.17) is 0 Å². The van der Waals surface area contributed by atoms with Crippen LogP contribution in [0.25, 0.3) is 10.8 Å². The molecule has 0 radical (unpaired) electrons. The molecule has 0 atom stereocenters. The van der Waals surface area contributed by atoms with Crippen LogP contribution >= 0.6 is 0 Å². The summed E-state index contributed by atoms with van der Waals surface area (Å²) in [7, 11) is 1.56. The smallest absolute Gasteiger partial charge is 0.201 e. The summed E-state index contributed by atoms with van der Waals surface area (Å²) in [4.78, 5) is 0. The van der Waals surface area contributed by atoms with Crippen molar-refractivity contribution in [3.63, 3.8) is 0 Å². The predicted molar refractivity (Wildman–Crippen MR) is 55.0 cm³/mol. The number of aromatic hydroxyl groups is 1. The zero-order valence-corrected chi connectivity index (χ0v) is 8.31. The first kappa shape index (κ1) is 10.6. The largest absolute Gasteiger partial charge is 0.504 e. The average Bonchev–Trinajstić information content (AvgIpc) is 2.26. The Bertz CT molecular complexity index is 569. The van der Waals surface area contributed by atoms with Gasteiger partial charge in [-0.1, -0.05) is 0 Å². The van der Waals surface area contributed by atoms with Gasteiger partial charge in [0.25, 0.3) is 0 Å². The van der Waals surface area contributed by atoms with Gasteiger partial charge in [0.1, 0.15) is 5.82 Å². The van der Waals surface area contributed by atoms with Crippen molar-refractivity contribution >= 4 is 16.5 Å². The van der Waals surface area contributed by atoms with E-state index in [0.29, 0.717) is 5.69 Å². The zero-order chi connectivity index (χ0) is 11.9. The Hall–Kier alpha value is -1.91. The highest BCUT2D eigenvalue weighted by molar-refractivity contribution is 5.98. The molecule has 2 nitrogen and oxygen atoms in total. The third kappa shape index (κ3) is 1.36. The third-order valence-electron chi connectivity index (χ3n) is 2.39. The van der Waals surface area contributed by atoms with E-state index < -0.39 is 23.2 Å². The summed E-state index contributed by atoms with van der Waals surface area (Å²) >= 11 is 0. The fourth-order valence-electron chi connectivity index (χ4n) is 1.61. The molecule has 84 valence electrons. The van der Waals surface area contributed by atoms with Crippen LogP contribution in [0.5, 0.6) is 5.75 Å². The van der Waals surface area contributed by atoms with Crippen LogP contribution in [0.3, 0.4) is 0 Å². The second kappa shape index (κ2) is 3.59. The maximum Gasteiger partial charge on any atom is 0.201 e. The number of hydrogen-bond acceptors (Lipinski definition) is 2. The van der Waals surface area contributed by atoms with Crippen LogP contribution < -0.4 is 5.32 Å². The van der Waals surface area contributed by atoms with Crippen molar-refractivity contribution in [2.24, 2.45) is 0 Å². The first-order valence-corrected chi connectivity index (χ1v) is 4.53. The lowest BCUT2D eigenvalue weighted by atomic mass is 10.1. The fraction of sp³-hybridized carbons (Fsp3) is 0.0909. The van der Waals surface area contributed by atoms with Crippen LogP contribution in [-0.2, 0) is 0 Å². The molecule has 0 saturated heterocycles.